The van der Waals surface area contributed by atoms with E-state index in [1.807, 2.05) is 0 Å². The van der Waals surface area contributed by atoms with Crippen LogP contribution in [-0.4, -0.2) is 16.9 Å². The molecule has 0 aliphatic heterocycles. The number of hydrogen-bond donors (Lipinski definition) is 1. The van der Waals surface area contributed by atoms with Crippen LogP contribution in [-0.2, 0) is 4.79 Å². The summed E-state index contributed by atoms with van der Waals surface area (Å²) in [5.41, 5.74) is -0.458. The summed E-state index contributed by atoms with van der Waals surface area (Å²) in [4.78, 5) is 21.4. The molecule has 0 spiro atoms. The van der Waals surface area contributed by atoms with E-state index in [9.17, 15) is 18.4 Å². The molecule has 0 aliphatic rings. The van der Waals surface area contributed by atoms with Crippen LogP contribution in [0.2, 0.25) is 0 Å². The molecule has 15 heavy (non-hydrogen) atoms. The van der Waals surface area contributed by atoms with E-state index in [0.29, 0.717) is 0 Å². The number of aryl methyl sites for hydroxylation is 1. The highest BCUT2D eigenvalue weighted by Gasteiger charge is 2.18. The topological polar surface area (TPSA) is 54.4 Å². The lowest BCUT2D eigenvalue weighted by Crippen LogP contribution is -2.10. The zero-order valence-corrected chi connectivity index (χ0v) is 7.88. The molecular weight excluding hydrogens is 206 g/mol. The lowest BCUT2D eigenvalue weighted by Gasteiger charge is -2.03. The largest absolute Gasteiger partial charge is 0.481 e. The third kappa shape index (κ3) is 2.37. The van der Waals surface area contributed by atoms with Crippen molar-refractivity contribution in [1.82, 2.24) is 0 Å². The van der Waals surface area contributed by atoms with Crippen molar-refractivity contribution >= 4 is 11.8 Å². The molecule has 0 saturated heterocycles. The van der Waals surface area contributed by atoms with Crippen LogP contribution in [0, 0.1) is 18.6 Å². The lowest BCUT2D eigenvalue weighted by molar-refractivity contribution is -0.135. The second kappa shape index (κ2) is 4.16. The van der Waals surface area contributed by atoms with Gasteiger partial charge >= 0.3 is 5.97 Å². The lowest BCUT2D eigenvalue weighted by atomic mass is 10.1. The Hall–Kier alpha value is -1.78. The molecule has 0 saturated carbocycles. The molecule has 0 amide bonds. The van der Waals surface area contributed by atoms with Crippen LogP contribution < -0.4 is 0 Å². The van der Waals surface area contributed by atoms with Gasteiger partial charge in [-0.1, -0.05) is 6.07 Å². The van der Waals surface area contributed by atoms with E-state index in [2.05, 4.69) is 0 Å². The van der Waals surface area contributed by atoms with Gasteiger partial charge in [0.15, 0.2) is 17.4 Å². The number of Topliss-reactive ketones (excluding diaryl/α,β-unsaturated/α-hetero) is 1. The summed E-state index contributed by atoms with van der Waals surface area (Å²) in [6.45, 7) is 1.35. The second-order valence-corrected chi connectivity index (χ2v) is 3.05. The number of hydrogen-bond acceptors (Lipinski definition) is 2. The van der Waals surface area contributed by atoms with Crippen LogP contribution in [0.5, 0.6) is 0 Å². The first-order chi connectivity index (χ1) is 6.93. The first-order valence-electron chi connectivity index (χ1n) is 4.13. The van der Waals surface area contributed by atoms with E-state index in [4.69, 9.17) is 5.11 Å². The number of carboxylic acid groups (broad SMARTS) is 1. The first-order valence-corrected chi connectivity index (χ1v) is 4.13. The molecule has 0 bridgehead atoms. The van der Waals surface area contributed by atoms with E-state index in [0.717, 1.165) is 6.07 Å². The summed E-state index contributed by atoms with van der Waals surface area (Å²) in [5, 5.41) is 8.32. The molecule has 0 unspecified atom stereocenters. The van der Waals surface area contributed by atoms with E-state index < -0.39 is 35.4 Å². The Morgan fingerprint density at radius 1 is 1.27 bits per heavy atom. The molecule has 1 aromatic rings. The molecule has 0 radical (unpaired) electrons. The summed E-state index contributed by atoms with van der Waals surface area (Å²) in [6, 6.07) is 2.31. The van der Waals surface area contributed by atoms with Gasteiger partial charge in [-0.2, -0.15) is 0 Å². The third-order valence-corrected chi connectivity index (χ3v) is 1.89. The molecule has 5 heteroatoms. The average Bonchev–Trinajstić information content (AvgIpc) is 2.13. The Morgan fingerprint density at radius 3 is 2.40 bits per heavy atom. The Bertz CT molecular complexity index is 427. The fraction of sp³-hybridized carbons (Fsp3) is 0.200. The Labute approximate surface area is 84.3 Å². The van der Waals surface area contributed by atoms with Gasteiger partial charge < -0.3 is 5.11 Å². The molecule has 1 aromatic carbocycles. The number of ketones is 1. The van der Waals surface area contributed by atoms with Crippen molar-refractivity contribution in [3.8, 4) is 0 Å². The fourth-order valence-electron chi connectivity index (χ4n) is 1.09. The Balaban J connectivity index is 3.11. The minimum Gasteiger partial charge on any atom is -0.481 e. The fourth-order valence-corrected chi connectivity index (χ4v) is 1.09. The molecule has 0 fully saturated rings. The highest BCUT2D eigenvalue weighted by molar-refractivity contribution is 6.05. The van der Waals surface area contributed by atoms with Gasteiger partial charge in [0.05, 0.1) is 5.56 Å². The van der Waals surface area contributed by atoms with E-state index in [1.165, 1.54) is 13.0 Å². The number of carbonyl (C=O) groups excluding carboxylic acids is 1. The molecule has 0 heterocycles. The molecule has 80 valence electrons. The van der Waals surface area contributed by atoms with Crippen molar-refractivity contribution in [3.63, 3.8) is 0 Å². The van der Waals surface area contributed by atoms with Crippen LogP contribution in [0.1, 0.15) is 22.3 Å². The van der Waals surface area contributed by atoms with Crippen molar-refractivity contribution in [2.45, 2.75) is 13.3 Å². The highest BCUT2D eigenvalue weighted by Crippen LogP contribution is 2.16. The van der Waals surface area contributed by atoms with E-state index in [-0.39, 0.29) is 5.56 Å². The zero-order valence-electron chi connectivity index (χ0n) is 7.88. The Morgan fingerprint density at radius 2 is 1.87 bits per heavy atom. The second-order valence-electron chi connectivity index (χ2n) is 3.05. The monoisotopic (exact) mass is 214 g/mol. The SMILES string of the molecule is Cc1ccc(C(=O)CC(=O)O)c(F)c1F. The molecular formula is C10H8F2O3. The predicted octanol–water partition coefficient (Wildman–Crippen LogP) is 1.93. The van der Waals surface area contributed by atoms with Crippen LogP contribution in [0.4, 0.5) is 8.78 Å². The van der Waals surface area contributed by atoms with E-state index >= 15 is 0 Å². The van der Waals surface area contributed by atoms with Crippen LogP contribution in [0.15, 0.2) is 12.1 Å². The minimum atomic E-state index is -1.37. The number of rotatable bonds is 3. The van der Waals surface area contributed by atoms with Crippen molar-refractivity contribution in [2.75, 3.05) is 0 Å². The van der Waals surface area contributed by atoms with Crippen LogP contribution in [0.3, 0.4) is 0 Å². The quantitative estimate of drug-likeness (QED) is 0.617. The third-order valence-electron chi connectivity index (χ3n) is 1.89. The minimum absolute atomic E-state index is 0.0689. The van der Waals surface area contributed by atoms with Crippen molar-refractivity contribution in [3.05, 3.63) is 34.9 Å². The number of benzene rings is 1. The standard InChI is InChI=1S/C10H8F2O3/c1-5-2-3-6(10(12)9(5)11)7(13)4-8(14)15/h2-3H,4H2,1H3,(H,14,15). The first kappa shape index (κ1) is 11.3. The maximum Gasteiger partial charge on any atom is 0.311 e. The number of aliphatic carboxylic acids is 1. The van der Waals surface area contributed by atoms with Crippen molar-refractivity contribution in [1.29, 1.82) is 0 Å². The summed E-state index contributed by atoms with van der Waals surface area (Å²) >= 11 is 0. The maximum atomic E-state index is 13.2. The predicted molar refractivity (Wildman–Crippen MR) is 47.7 cm³/mol. The summed E-state index contributed by atoms with van der Waals surface area (Å²) < 4.78 is 26.2. The summed E-state index contributed by atoms with van der Waals surface area (Å²) in [6.07, 6.45) is -0.848. The van der Waals surface area contributed by atoms with Crippen molar-refractivity contribution < 1.29 is 23.5 Å². The molecule has 0 atom stereocenters. The van der Waals surface area contributed by atoms with Gasteiger partial charge in [-0.05, 0) is 18.6 Å². The number of halogens is 2. The van der Waals surface area contributed by atoms with Crippen LogP contribution in [0.25, 0.3) is 0 Å². The van der Waals surface area contributed by atoms with Gasteiger partial charge in [-0.25, -0.2) is 8.78 Å². The van der Waals surface area contributed by atoms with Gasteiger partial charge in [0.2, 0.25) is 0 Å². The highest BCUT2D eigenvalue weighted by atomic mass is 19.2. The molecule has 1 rings (SSSR count). The summed E-state index contributed by atoms with van der Waals surface area (Å²) in [5.74, 6) is -4.73. The maximum absolute atomic E-state index is 13.2. The molecule has 1 N–H and O–H groups in total. The van der Waals surface area contributed by atoms with E-state index in [1.54, 1.807) is 0 Å². The normalized spacial score (nSPS) is 10.1. The summed E-state index contributed by atoms with van der Waals surface area (Å²) in [7, 11) is 0. The number of carboxylic acids is 1. The van der Waals surface area contributed by atoms with Gasteiger partial charge in [0.25, 0.3) is 0 Å². The number of carbonyl (C=O) groups is 2. The van der Waals surface area contributed by atoms with Crippen molar-refractivity contribution in [2.24, 2.45) is 0 Å². The molecule has 3 nitrogen and oxygen atoms in total. The average molecular weight is 214 g/mol. The molecule has 0 aliphatic carbocycles. The zero-order chi connectivity index (χ0) is 11.6. The van der Waals surface area contributed by atoms with Gasteiger partial charge in [0, 0.05) is 0 Å². The van der Waals surface area contributed by atoms with Gasteiger partial charge in [0.1, 0.15) is 6.42 Å². The van der Waals surface area contributed by atoms with Crippen LogP contribution >= 0.6 is 0 Å². The van der Waals surface area contributed by atoms with Gasteiger partial charge in [-0.15, -0.1) is 0 Å². The molecule has 0 aromatic heterocycles. The Kier molecular flexibility index (Phi) is 3.14. The van der Waals surface area contributed by atoms with Gasteiger partial charge in [-0.3, -0.25) is 9.59 Å². The smallest absolute Gasteiger partial charge is 0.311 e.